The Bertz CT molecular complexity index is 607. The highest BCUT2D eigenvalue weighted by molar-refractivity contribution is 9.10. The van der Waals surface area contributed by atoms with Gasteiger partial charge in [-0.2, -0.15) is 0 Å². The van der Waals surface area contributed by atoms with Crippen LogP contribution in [0.4, 0.5) is 0 Å². The lowest BCUT2D eigenvalue weighted by Gasteiger charge is -2.29. The van der Waals surface area contributed by atoms with E-state index < -0.39 is 5.60 Å². The van der Waals surface area contributed by atoms with E-state index in [2.05, 4.69) is 34.8 Å². The van der Waals surface area contributed by atoms with Crippen LogP contribution in [0.1, 0.15) is 32.5 Å². The first-order valence-electron chi connectivity index (χ1n) is 6.92. The second-order valence-corrected chi connectivity index (χ2v) is 5.92. The fourth-order valence-corrected chi connectivity index (χ4v) is 2.93. The van der Waals surface area contributed by atoms with Gasteiger partial charge in [-0.25, -0.2) is 9.97 Å². The van der Waals surface area contributed by atoms with Crippen molar-refractivity contribution in [2.45, 2.75) is 32.3 Å². The smallest absolute Gasteiger partial charge is 0.162 e. The van der Waals surface area contributed by atoms with Gasteiger partial charge in [0.05, 0.1) is 10.2 Å². The Balaban J connectivity index is 2.64. The van der Waals surface area contributed by atoms with E-state index in [4.69, 9.17) is 21.3 Å². The maximum Gasteiger partial charge on any atom is 0.162 e. The van der Waals surface area contributed by atoms with Crippen molar-refractivity contribution in [2.75, 3.05) is 7.11 Å². The first kappa shape index (κ1) is 16.4. The Hall–Kier alpha value is -0.970. The van der Waals surface area contributed by atoms with Crippen molar-refractivity contribution in [1.82, 2.24) is 9.97 Å². The molecule has 0 saturated carbocycles. The molecule has 1 aromatic heterocycles. The van der Waals surface area contributed by atoms with E-state index in [0.717, 1.165) is 24.1 Å². The topological polar surface area (TPSA) is 35.0 Å². The Morgan fingerprint density at radius 3 is 2.29 bits per heavy atom. The minimum Gasteiger partial charge on any atom is -0.370 e. The van der Waals surface area contributed by atoms with Gasteiger partial charge in [0, 0.05) is 12.7 Å². The molecule has 0 aliphatic carbocycles. The van der Waals surface area contributed by atoms with Crippen molar-refractivity contribution in [2.24, 2.45) is 0 Å². The summed E-state index contributed by atoms with van der Waals surface area (Å²) in [5.41, 5.74) is 1.27. The van der Waals surface area contributed by atoms with E-state index in [1.807, 2.05) is 30.3 Å². The second-order valence-electron chi connectivity index (χ2n) is 4.77. The molecule has 0 spiro atoms. The summed E-state index contributed by atoms with van der Waals surface area (Å²) >= 11 is 9.78. The summed E-state index contributed by atoms with van der Waals surface area (Å²) in [6.07, 6.45) is 1.57. The largest absolute Gasteiger partial charge is 0.370 e. The average Bonchev–Trinajstić information content (AvgIpc) is 2.53. The standard InChI is InChI=1S/C16H18BrClN2O/c1-4-16(5-2,21-3)15-19-13(12(17)14(18)20-15)11-9-7-6-8-10-11/h6-10H,4-5H2,1-3H3. The predicted molar refractivity (Wildman–Crippen MR) is 89.4 cm³/mol. The molecular weight excluding hydrogens is 352 g/mol. The highest BCUT2D eigenvalue weighted by Crippen LogP contribution is 2.36. The van der Waals surface area contributed by atoms with Crippen LogP contribution in [0.2, 0.25) is 5.15 Å². The van der Waals surface area contributed by atoms with Gasteiger partial charge >= 0.3 is 0 Å². The van der Waals surface area contributed by atoms with Gasteiger partial charge < -0.3 is 4.74 Å². The van der Waals surface area contributed by atoms with Crippen LogP contribution in [0.25, 0.3) is 11.3 Å². The molecule has 5 heteroatoms. The molecular formula is C16H18BrClN2O. The highest BCUT2D eigenvalue weighted by Gasteiger charge is 2.33. The SMILES string of the molecule is CCC(CC)(OC)c1nc(Cl)c(Br)c(-c2ccccc2)n1. The van der Waals surface area contributed by atoms with Crippen LogP contribution in [0.5, 0.6) is 0 Å². The van der Waals surface area contributed by atoms with Crippen LogP contribution in [0.15, 0.2) is 34.8 Å². The van der Waals surface area contributed by atoms with E-state index in [-0.39, 0.29) is 0 Å². The molecule has 0 atom stereocenters. The Kier molecular flexibility index (Phi) is 5.36. The number of nitrogens with zero attached hydrogens (tertiary/aromatic N) is 2. The van der Waals surface area contributed by atoms with E-state index in [1.165, 1.54) is 0 Å². The molecule has 0 unspecified atom stereocenters. The molecule has 112 valence electrons. The summed E-state index contributed by atoms with van der Waals surface area (Å²) in [5.74, 6) is 0.627. The third kappa shape index (κ3) is 3.12. The zero-order chi connectivity index (χ0) is 15.5. The number of rotatable bonds is 5. The van der Waals surface area contributed by atoms with Gasteiger partial charge in [0.25, 0.3) is 0 Å². The third-order valence-corrected chi connectivity index (χ3v) is 5.05. The lowest BCUT2D eigenvalue weighted by atomic mass is 9.95. The summed E-state index contributed by atoms with van der Waals surface area (Å²) < 4.78 is 6.41. The lowest BCUT2D eigenvalue weighted by Crippen LogP contribution is -2.29. The van der Waals surface area contributed by atoms with Gasteiger partial charge in [-0.1, -0.05) is 55.8 Å². The minimum atomic E-state index is -0.506. The number of benzene rings is 1. The van der Waals surface area contributed by atoms with Crippen molar-refractivity contribution < 1.29 is 4.74 Å². The number of methoxy groups -OCH3 is 1. The zero-order valence-corrected chi connectivity index (χ0v) is 14.7. The summed E-state index contributed by atoms with van der Waals surface area (Å²) in [6, 6.07) is 9.92. The van der Waals surface area contributed by atoms with Gasteiger partial charge in [-0.15, -0.1) is 0 Å². The fraction of sp³-hybridized carbons (Fsp3) is 0.375. The first-order valence-corrected chi connectivity index (χ1v) is 8.09. The average molecular weight is 370 g/mol. The normalized spacial score (nSPS) is 11.7. The summed E-state index contributed by atoms with van der Waals surface area (Å²) in [7, 11) is 1.69. The van der Waals surface area contributed by atoms with Crippen molar-refractivity contribution in [3.63, 3.8) is 0 Å². The summed E-state index contributed by atoms with van der Waals surface area (Å²) in [5, 5.41) is 0.405. The molecule has 1 heterocycles. The summed E-state index contributed by atoms with van der Waals surface area (Å²) in [6.45, 7) is 4.13. The zero-order valence-electron chi connectivity index (χ0n) is 12.4. The Morgan fingerprint density at radius 2 is 1.76 bits per heavy atom. The van der Waals surface area contributed by atoms with E-state index in [9.17, 15) is 0 Å². The number of hydrogen-bond acceptors (Lipinski definition) is 3. The van der Waals surface area contributed by atoms with Crippen LogP contribution < -0.4 is 0 Å². The molecule has 0 radical (unpaired) electrons. The molecule has 2 rings (SSSR count). The Morgan fingerprint density at radius 1 is 1.14 bits per heavy atom. The molecule has 0 aliphatic heterocycles. The first-order chi connectivity index (χ1) is 10.1. The molecule has 1 aromatic carbocycles. The maximum atomic E-state index is 6.29. The van der Waals surface area contributed by atoms with Gasteiger partial charge in [0.2, 0.25) is 0 Å². The van der Waals surface area contributed by atoms with Crippen molar-refractivity contribution in [3.05, 3.63) is 45.8 Å². The van der Waals surface area contributed by atoms with Gasteiger partial charge in [0.15, 0.2) is 5.82 Å². The number of hydrogen-bond donors (Lipinski definition) is 0. The molecule has 0 amide bonds. The van der Waals surface area contributed by atoms with Crippen molar-refractivity contribution in [3.8, 4) is 11.3 Å². The molecule has 0 N–H and O–H groups in total. The van der Waals surface area contributed by atoms with Crippen LogP contribution in [0.3, 0.4) is 0 Å². The number of ether oxygens (including phenoxy) is 1. The van der Waals surface area contributed by atoms with Gasteiger partial charge in [-0.3, -0.25) is 0 Å². The Labute approximate surface area is 138 Å². The highest BCUT2D eigenvalue weighted by atomic mass is 79.9. The predicted octanol–water partition coefficient (Wildman–Crippen LogP) is 5.22. The van der Waals surface area contributed by atoms with E-state index >= 15 is 0 Å². The van der Waals surface area contributed by atoms with Gasteiger partial charge in [0.1, 0.15) is 10.8 Å². The minimum absolute atomic E-state index is 0.405. The summed E-state index contributed by atoms with van der Waals surface area (Å²) in [4.78, 5) is 9.15. The number of aromatic nitrogens is 2. The maximum absolute atomic E-state index is 6.29. The molecule has 2 aromatic rings. The quantitative estimate of drug-likeness (QED) is 0.678. The third-order valence-electron chi connectivity index (χ3n) is 3.80. The molecule has 21 heavy (non-hydrogen) atoms. The monoisotopic (exact) mass is 368 g/mol. The van der Waals surface area contributed by atoms with E-state index in [1.54, 1.807) is 7.11 Å². The van der Waals surface area contributed by atoms with Gasteiger partial charge in [-0.05, 0) is 28.8 Å². The fourth-order valence-electron chi connectivity index (χ4n) is 2.36. The van der Waals surface area contributed by atoms with Crippen LogP contribution in [-0.2, 0) is 10.3 Å². The van der Waals surface area contributed by atoms with Crippen molar-refractivity contribution >= 4 is 27.5 Å². The van der Waals surface area contributed by atoms with Crippen molar-refractivity contribution in [1.29, 1.82) is 0 Å². The molecule has 0 aliphatic rings. The second kappa shape index (κ2) is 6.86. The number of halogens is 2. The van der Waals surface area contributed by atoms with Crippen LogP contribution in [-0.4, -0.2) is 17.1 Å². The molecule has 0 saturated heterocycles. The molecule has 0 bridgehead atoms. The van der Waals surface area contributed by atoms with Crippen LogP contribution in [0, 0.1) is 0 Å². The molecule has 3 nitrogen and oxygen atoms in total. The lowest BCUT2D eigenvalue weighted by molar-refractivity contribution is -0.0290. The van der Waals surface area contributed by atoms with Crippen LogP contribution >= 0.6 is 27.5 Å². The van der Waals surface area contributed by atoms with E-state index in [0.29, 0.717) is 15.5 Å². The molecule has 0 fully saturated rings.